The molecule has 0 spiro atoms. The maximum atomic E-state index is 5.64. The molecule has 0 radical (unpaired) electrons. The van der Waals surface area contributed by atoms with E-state index in [-0.39, 0.29) is 0 Å². The number of ether oxygens (including phenoxy) is 1. The van der Waals surface area contributed by atoms with Crippen molar-refractivity contribution in [3.05, 3.63) is 36.2 Å². The van der Waals surface area contributed by atoms with Crippen LogP contribution in [0.15, 0.2) is 30.5 Å². The molecule has 0 unspecified atom stereocenters. The first-order valence-corrected chi connectivity index (χ1v) is 4.94. The summed E-state index contributed by atoms with van der Waals surface area (Å²) < 4.78 is 4.96. The van der Waals surface area contributed by atoms with Gasteiger partial charge in [0.25, 0.3) is 0 Å². The Morgan fingerprint density at radius 3 is 2.44 bits per heavy atom. The zero-order valence-corrected chi connectivity index (χ0v) is 9.27. The van der Waals surface area contributed by atoms with Gasteiger partial charge in [-0.2, -0.15) is 4.98 Å². The SMILES string of the molecule is COc1ncc(-c2ccc(N)cc2)c(C)n1. The molecule has 4 nitrogen and oxygen atoms in total. The molecular weight excluding hydrogens is 202 g/mol. The number of anilines is 1. The predicted molar refractivity (Wildman–Crippen MR) is 63.2 cm³/mol. The van der Waals surface area contributed by atoms with Crippen LogP contribution in [0.1, 0.15) is 5.69 Å². The lowest BCUT2D eigenvalue weighted by atomic mass is 10.1. The topological polar surface area (TPSA) is 61.0 Å². The second-order valence-corrected chi connectivity index (χ2v) is 3.48. The highest BCUT2D eigenvalue weighted by Crippen LogP contribution is 2.23. The third-order valence-corrected chi connectivity index (χ3v) is 2.36. The lowest BCUT2D eigenvalue weighted by molar-refractivity contribution is 0.379. The highest BCUT2D eigenvalue weighted by atomic mass is 16.5. The Hall–Kier alpha value is -2.10. The van der Waals surface area contributed by atoms with Crippen LogP contribution in [0, 0.1) is 6.92 Å². The molecule has 82 valence electrons. The molecule has 1 aromatic carbocycles. The minimum Gasteiger partial charge on any atom is -0.467 e. The molecule has 1 heterocycles. The summed E-state index contributed by atoms with van der Waals surface area (Å²) in [5.41, 5.74) is 9.31. The van der Waals surface area contributed by atoms with E-state index in [0.717, 1.165) is 22.5 Å². The van der Waals surface area contributed by atoms with Crippen LogP contribution in [0.2, 0.25) is 0 Å². The number of hydrogen-bond acceptors (Lipinski definition) is 4. The Balaban J connectivity index is 2.44. The fourth-order valence-electron chi connectivity index (χ4n) is 1.49. The molecule has 4 heteroatoms. The van der Waals surface area contributed by atoms with Crippen molar-refractivity contribution in [3.63, 3.8) is 0 Å². The molecular formula is C12H13N3O. The van der Waals surface area contributed by atoms with Gasteiger partial charge in [-0.25, -0.2) is 4.98 Å². The number of benzene rings is 1. The quantitative estimate of drug-likeness (QED) is 0.779. The summed E-state index contributed by atoms with van der Waals surface area (Å²) in [5, 5.41) is 0. The fourth-order valence-corrected chi connectivity index (χ4v) is 1.49. The third-order valence-electron chi connectivity index (χ3n) is 2.36. The predicted octanol–water partition coefficient (Wildman–Crippen LogP) is 2.04. The van der Waals surface area contributed by atoms with Gasteiger partial charge in [-0.05, 0) is 24.6 Å². The normalized spacial score (nSPS) is 10.1. The van der Waals surface area contributed by atoms with E-state index >= 15 is 0 Å². The summed E-state index contributed by atoms with van der Waals surface area (Å²) >= 11 is 0. The molecule has 0 saturated heterocycles. The molecule has 0 bridgehead atoms. The van der Waals surface area contributed by atoms with E-state index in [1.54, 1.807) is 13.3 Å². The standard InChI is InChI=1S/C12H13N3O/c1-8-11(7-14-12(15-8)16-2)9-3-5-10(13)6-4-9/h3-7H,13H2,1-2H3. The van der Waals surface area contributed by atoms with E-state index in [1.807, 2.05) is 31.2 Å². The Labute approximate surface area is 94.1 Å². The van der Waals surface area contributed by atoms with Crippen LogP contribution in [-0.4, -0.2) is 17.1 Å². The van der Waals surface area contributed by atoms with E-state index in [4.69, 9.17) is 10.5 Å². The van der Waals surface area contributed by atoms with E-state index in [2.05, 4.69) is 9.97 Å². The van der Waals surface area contributed by atoms with Gasteiger partial charge < -0.3 is 10.5 Å². The Morgan fingerprint density at radius 2 is 1.88 bits per heavy atom. The number of rotatable bonds is 2. The minimum absolute atomic E-state index is 0.386. The molecule has 0 aliphatic rings. The van der Waals surface area contributed by atoms with Crippen LogP contribution >= 0.6 is 0 Å². The maximum Gasteiger partial charge on any atom is 0.316 e. The summed E-state index contributed by atoms with van der Waals surface area (Å²) in [6.07, 6.45) is 1.76. The maximum absolute atomic E-state index is 5.64. The van der Waals surface area contributed by atoms with Gasteiger partial charge in [0.2, 0.25) is 0 Å². The minimum atomic E-state index is 0.386. The van der Waals surface area contributed by atoms with Gasteiger partial charge in [-0.3, -0.25) is 0 Å². The van der Waals surface area contributed by atoms with Crippen LogP contribution in [0.4, 0.5) is 5.69 Å². The second kappa shape index (κ2) is 4.18. The van der Waals surface area contributed by atoms with Crippen molar-refractivity contribution in [2.75, 3.05) is 12.8 Å². The monoisotopic (exact) mass is 215 g/mol. The lowest BCUT2D eigenvalue weighted by Crippen LogP contribution is -1.96. The number of aryl methyl sites for hydroxylation is 1. The van der Waals surface area contributed by atoms with Crippen molar-refractivity contribution in [3.8, 4) is 17.1 Å². The Kier molecular flexibility index (Phi) is 2.72. The molecule has 0 saturated carbocycles. The van der Waals surface area contributed by atoms with E-state index < -0.39 is 0 Å². The fraction of sp³-hybridized carbons (Fsp3) is 0.167. The van der Waals surface area contributed by atoms with Crippen molar-refractivity contribution in [1.29, 1.82) is 0 Å². The first-order chi connectivity index (χ1) is 7.70. The average molecular weight is 215 g/mol. The molecule has 2 aromatic rings. The van der Waals surface area contributed by atoms with Gasteiger partial charge in [-0.1, -0.05) is 12.1 Å². The largest absolute Gasteiger partial charge is 0.467 e. The van der Waals surface area contributed by atoms with E-state index in [9.17, 15) is 0 Å². The zero-order chi connectivity index (χ0) is 11.5. The van der Waals surface area contributed by atoms with Gasteiger partial charge in [0.15, 0.2) is 0 Å². The summed E-state index contributed by atoms with van der Waals surface area (Å²) in [5.74, 6) is 0. The van der Waals surface area contributed by atoms with Gasteiger partial charge >= 0.3 is 6.01 Å². The Morgan fingerprint density at radius 1 is 1.19 bits per heavy atom. The molecule has 0 aliphatic carbocycles. The van der Waals surface area contributed by atoms with Crippen molar-refractivity contribution in [2.24, 2.45) is 0 Å². The number of nitrogens with zero attached hydrogens (tertiary/aromatic N) is 2. The van der Waals surface area contributed by atoms with Gasteiger partial charge in [-0.15, -0.1) is 0 Å². The number of hydrogen-bond donors (Lipinski definition) is 1. The number of aromatic nitrogens is 2. The average Bonchev–Trinajstić information content (AvgIpc) is 2.30. The summed E-state index contributed by atoms with van der Waals surface area (Å²) in [4.78, 5) is 8.32. The summed E-state index contributed by atoms with van der Waals surface area (Å²) in [6, 6.07) is 8.01. The number of nitrogens with two attached hydrogens (primary N) is 1. The molecule has 2 N–H and O–H groups in total. The first kappa shape index (κ1) is 10.4. The number of nitrogen functional groups attached to an aromatic ring is 1. The van der Waals surface area contributed by atoms with Gasteiger partial charge in [0, 0.05) is 17.4 Å². The van der Waals surface area contributed by atoms with Crippen molar-refractivity contribution in [1.82, 2.24) is 9.97 Å². The Bertz CT molecular complexity index is 494. The van der Waals surface area contributed by atoms with Crippen LogP contribution in [0.25, 0.3) is 11.1 Å². The van der Waals surface area contributed by atoms with Crippen molar-refractivity contribution < 1.29 is 4.74 Å². The van der Waals surface area contributed by atoms with E-state index in [0.29, 0.717) is 6.01 Å². The van der Waals surface area contributed by atoms with Crippen LogP contribution in [0.5, 0.6) is 6.01 Å². The second-order valence-electron chi connectivity index (χ2n) is 3.48. The van der Waals surface area contributed by atoms with Crippen molar-refractivity contribution >= 4 is 5.69 Å². The van der Waals surface area contributed by atoms with Crippen LogP contribution < -0.4 is 10.5 Å². The van der Waals surface area contributed by atoms with Crippen LogP contribution in [-0.2, 0) is 0 Å². The lowest BCUT2D eigenvalue weighted by Gasteiger charge is -2.06. The van der Waals surface area contributed by atoms with Crippen molar-refractivity contribution in [2.45, 2.75) is 6.92 Å². The highest BCUT2D eigenvalue weighted by Gasteiger charge is 2.05. The molecule has 1 aromatic heterocycles. The van der Waals surface area contributed by atoms with Gasteiger partial charge in [0.1, 0.15) is 0 Å². The third kappa shape index (κ3) is 1.95. The molecule has 0 fully saturated rings. The molecule has 2 rings (SSSR count). The molecule has 0 aliphatic heterocycles. The summed E-state index contributed by atoms with van der Waals surface area (Å²) in [6.45, 7) is 1.93. The highest BCUT2D eigenvalue weighted by molar-refractivity contribution is 5.66. The number of methoxy groups -OCH3 is 1. The van der Waals surface area contributed by atoms with E-state index in [1.165, 1.54) is 0 Å². The van der Waals surface area contributed by atoms with Crippen LogP contribution in [0.3, 0.4) is 0 Å². The summed E-state index contributed by atoms with van der Waals surface area (Å²) in [7, 11) is 1.55. The van der Waals surface area contributed by atoms with Gasteiger partial charge in [0.05, 0.1) is 12.8 Å². The first-order valence-electron chi connectivity index (χ1n) is 4.94. The zero-order valence-electron chi connectivity index (χ0n) is 9.27. The molecule has 0 atom stereocenters. The molecule has 16 heavy (non-hydrogen) atoms. The smallest absolute Gasteiger partial charge is 0.316 e. The molecule has 0 amide bonds.